The van der Waals surface area contributed by atoms with Crippen molar-refractivity contribution < 1.29 is 22.7 Å². The van der Waals surface area contributed by atoms with E-state index in [1.54, 1.807) is 24.1 Å². The normalized spacial score (nSPS) is 12.2. The molecule has 116 valence electrons. The molecule has 21 heavy (non-hydrogen) atoms. The minimum Gasteiger partial charge on any atom is -0.478 e. The molecule has 0 aliphatic rings. The molecule has 0 spiro atoms. The van der Waals surface area contributed by atoms with Crippen LogP contribution in [0.15, 0.2) is 24.3 Å². The molecule has 0 bridgehead atoms. The molecule has 1 aromatic carbocycles. The van der Waals surface area contributed by atoms with Crippen molar-refractivity contribution in [2.75, 3.05) is 25.6 Å². The molecule has 0 saturated heterocycles. The number of aliphatic carboxylic acids is 1. The van der Waals surface area contributed by atoms with Crippen molar-refractivity contribution in [1.29, 1.82) is 0 Å². The monoisotopic (exact) mass is 315 g/mol. The zero-order valence-corrected chi connectivity index (χ0v) is 12.7. The molecule has 0 unspecified atom stereocenters. The van der Waals surface area contributed by atoms with Gasteiger partial charge in [-0.15, -0.1) is 0 Å². The highest BCUT2D eigenvalue weighted by Gasteiger charge is 2.08. The fourth-order valence-corrected chi connectivity index (χ4v) is 2.34. The molecular formula is C14H18FNO4S. The zero-order valence-electron chi connectivity index (χ0n) is 11.9. The molecule has 5 nitrogen and oxygen atoms in total. The van der Waals surface area contributed by atoms with Gasteiger partial charge in [-0.1, -0.05) is 6.07 Å². The summed E-state index contributed by atoms with van der Waals surface area (Å²) in [7, 11) is -1.26. The van der Waals surface area contributed by atoms with E-state index in [1.807, 2.05) is 0 Å². The second-order valence-electron chi connectivity index (χ2n) is 4.90. The number of carboxylic acid groups (broad SMARTS) is 1. The van der Waals surface area contributed by atoms with Crippen molar-refractivity contribution in [3.05, 3.63) is 41.2 Å². The summed E-state index contributed by atoms with van der Waals surface area (Å²) in [4.78, 5) is 12.3. The molecule has 0 radical (unpaired) electrons. The van der Waals surface area contributed by atoms with Crippen LogP contribution < -0.4 is 0 Å². The second kappa shape index (κ2) is 7.33. The maximum atomic E-state index is 13.5. The summed E-state index contributed by atoms with van der Waals surface area (Å²) in [5, 5.41) is 8.55. The Morgan fingerprint density at radius 3 is 2.67 bits per heavy atom. The Hall–Kier alpha value is -1.73. The van der Waals surface area contributed by atoms with Crippen molar-refractivity contribution in [1.82, 2.24) is 4.90 Å². The summed E-state index contributed by atoms with van der Waals surface area (Å²) in [6.45, 7) is 0.820. The van der Waals surface area contributed by atoms with Crippen LogP contribution in [0.2, 0.25) is 0 Å². The van der Waals surface area contributed by atoms with E-state index < -0.39 is 21.6 Å². The third-order valence-electron chi connectivity index (χ3n) is 2.76. The summed E-state index contributed by atoms with van der Waals surface area (Å²) in [5.74, 6) is -1.60. The Labute approximate surface area is 123 Å². The van der Waals surface area contributed by atoms with Crippen LogP contribution in [0.5, 0.6) is 0 Å². The van der Waals surface area contributed by atoms with Crippen molar-refractivity contribution in [3.8, 4) is 0 Å². The first-order chi connectivity index (χ1) is 9.67. The molecule has 0 saturated carbocycles. The molecule has 0 aromatic heterocycles. The largest absolute Gasteiger partial charge is 0.478 e. The molecule has 0 heterocycles. The van der Waals surface area contributed by atoms with Crippen molar-refractivity contribution in [3.63, 3.8) is 0 Å². The van der Waals surface area contributed by atoms with Gasteiger partial charge in [0.05, 0.1) is 5.75 Å². The Balaban J connectivity index is 2.76. The fourth-order valence-electron chi connectivity index (χ4n) is 1.69. The van der Waals surface area contributed by atoms with E-state index in [4.69, 9.17) is 5.11 Å². The Morgan fingerprint density at radius 2 is 2.10 bits per heavy atom. The number of carboxylic acids is 1. The first-order valence-electron chi connectivity index (χ1n) is 6.23. The summed E-state index contributed by atoms with van der Waals surface area (Å²) in [5.41, 5.74) is 0.962. The van der Waals surface area contributed by atoms with Gasteiger partial charge in [0.25, 0.3) is 0 Å². The van der Waals surface area contributed by atoms with Crippen LogP contribution in [0, 0.1) is 5.82 Å². The summed E-state index contributed by atoms with van der Waals surface area (Å²) >= 11 is 0. The molecule has 1 N–H and O–H groups in total. The van der Waals surface area contributed by atoms with E-state index in [0.29, 0.717) is 13.1 Å². The first kappa shape index (κ1) is 17.3. The average molecular weight is 315 g/mol. The van der Waals surface area contributed by atoms with Crippen LogP contribution in [0.4, 0.5) is 4.39 Å². The van der Waals surface area contributed by atoms with E-state index in [-0.39, 0.29) is 11.3 Å². The second-order valence-corrected chi connectivity index (χ2v) is 7.15. The van der Waals surface area contributed by atoms with Crippen LogP contribution in [0.1, 0.15) is 11.1 Å². The lowest BCUT2D eigenvalue weighted by atomic mass is 10.1. The maximum absolute atomic E-state index is 13.5. The van der Waals surface area contributed by atoms with Crippen LogP contribution in [-0.4, -0.2) is 50.0 Å². The lowest BCUT2D eigenvalue weighted by molar-refractivity contribution is -0.131. The quantitative estimate of drug-likeness (QED) is 0.770. The minimum atomic E-state index is -3.02. The average Bonchev–Trinajstić information content (AvgIpc) is 2.36. The number of hydrogen-bond acceptors (Lipinski definition) is 4. The SMILES string of the molecule is CN(CCS(C)(=O)=O)Cc1ccc(F)c(C=CC(=O)O)c1. The van der Waals surface area contributed by atoms with Crippen LogP contribution in [-0.2, 0) is 21.2 Å². The summed E-state index contributed by atoms with van der Waals surface area (Å²) in [6, 6.07) is 4.40. The Bertz CT molecular complexity index is 640. The van der Waals surface area contributed by atoms with E-state index in [2.05, 4.69) is 0 Å². The number of halogens is 1. The third-order valence-corrected chi connectivity index (χ3v) is 3.69. The smallest absolute Gasteiger partial charge is 0.328 e. The Morgan fingerprint density at radius 1 is 1.43 bits per heavy atom. The fraction of sp³-hybridized carbons (Fsp3) is 0.357. The molecule has 0 atom stereocenters. The highest BCUT2D eigenvalue weighted by atomic mass is 32.2. The standard InChI is InChI=1S/C14H18FNO4S/c1-16(7-8-21(2,19)20)10-11-3-5-13(15)12(9-11)4-6-14(17)18/h3-6,9H,7-8,10H2,1-2H3,(H,17,18). The molecule has 0 amide bonds. The van der Waals surface area contributed by atoms with Gasteiger partial charge in [0, 0.05) is 31.0 Å². The van der Waals surface area contributed by atoms with Crippen LogP contribution in [0.25, 0.3) is 6.08 Å². The van der Waals surface area contributed by atoms with Gasteiger partial charge < -0.3 is 10.0 Å². The first-order valence-corrected chi connectivity index (χ1v) is 8.29. The van der Waals surface area contributed by atoms with Crippen molar-refractivity contribution >= 4 is 21.9 Å². The highest BCUT2D eigenvalue weighted by Crippen LogP contribution is 2.14. The van der Waals surface area contributed by atoms with Crippen LogP contribution >= 0.6 is 0 Å². The predicted molar refractivity (Wildman–Crippen MR) is 79.1 cm³/mol. The van der Waals surface area contributed by atoms with E-state index in [9.17, 15) is 17.6 Å². The van der Waals surface area contributed by atoms with Gasteiger partial charge in [-0.3, -0.25) is 0 Å². The number of rotatable bonds is 7. The van der Waals surface area contributed by atoms with E-state index >= 15 is 0 Å². The Kier molecular flexibility index (Phi) is 6.04. The van der Waals surface area contributed by atoms with Gasteiger partial charge >= 0.3 is 5.97 Å². The van der Waals surface area contributed by atoms with Gasteiger partial charge in [0.15, 0.2) is 0 Å². The molecule has 0 aliphatic carbocycles. The van der Waals surface area contributed by atoms with Crippen molar-refractivity contribution in [2.24, 2.45) is 0 Å². The predicted octanol–water partition coefficient (Wildman–Crippen LogP) is 1.40. The maximum Gasteiger partial charge on any atom is 0.328 e. The number of hydrogen-bond donors (Lipinski definition) is 1. The van der Waals surface area contributed by atoms with E-state index in [0.717, 1.165) is 11.6 Å². The molecule has 0 aliphatic heterocycles. The number of carbonyl (C=O) groups is 1. The minimum absolute atomic E-state index is 0.0521. The molecule has 0 fully saturated rings. The lowest BCUT2D eigenvalue weighted by Gasteiger charge is -2.16. The van der Waals surface area contributed by atoms with Gasteiger partial charge in [-0.2, -0.15) is 0 Å². The summed E-state index contributed by atoms with van der Waals surface area (Å²) in [6.07, 6.45) is 3.24. The molecule has 7 heteroatoms. The number of nitrogens with zero attached hydrogens (tertiary/aromatic N) is 1. The molecule has 1 rings (SSSR count). The number of sulfone groups is 1. The van der Waals surface area contributed by atoms with Gasteiger partial charge in [0.2, 0.25) is 0 Å². The van der Waals surface area contributed by atoms with Gasteiger partial charge in [-0.05, 0) is 30.8 Å². The number of benzene rings is 1. The molecular weight excluding hydrogens is 297 g/mol. The lowest BCUT2D eigenvalue weighted by Crippen LogP contribution is -2.24. The van der Waals surface area contributed by atoms with E-state index in [1.165, 1.54) is 18.4 Å². The third kappa shape index (κ3) is 7.01. The highest BCUT2D eigenvalue weighted by molar-refractivity contribution is 7.90. The molecule has 1 aromatic rings. The summed E-state index contributed by atoms with van der Waals surface area (Å²) < 4.78 is 35.7. The van der Waals surface area contributed by atoms with Crippen molar-refractivity contribution in [2.45, 2.75) is 6.54 Å². The van der Waals surface area contributed by atoms with Crippen LogP contribution in [0.3, 0.4) is 0 Å². The van der Waals surface area contributed by atoms with Gasteiger partial charge in [0.1, 0.15) is 15.7 Å². The topological polar surface area (TPSA) is 74.7 Å². The zero-order chi connectivity index (χ0) is 16.0. The van der Waals surface area contributed by atoms with Gasteiger partial charge in [-0.25, -0.2) is 17.6 Å².